The summed E-state index contributed by atoms with van der Waals surface area (Å²) in [5.74, 6) is -0.296. The Kier molecular flexibility index (Phi) is 5.73. The molecule has 0 radical (unpaired) electrons. The van der Waals surface area contributed by atoms with Crippen molar-refractivity contribution in [1.82, 2.24) is 10.3 Å². The molecule has 0 aliphatic heterocycles. The highest BCUT2D eigenvalue weighted by molar-refractivity contribution is 5.96. The number of ether oxygens (including phenoxy) is 1. The van der Waals surface area contributed by atoms with Crippen LogP contribution in [-0.4, -0.2) is 29.5 Å². The lowest BCUT2D eigenvalue weighted by molar-refractivity contribution is -0.125. The summed E-state index contributed by atoms with van der Waals surface area (Å²) in [6, 6.07) is 5.93. The van der Waals surface area contributed by atoms with Gasteiger partial charge in [-0.25, -0.2) is 9.18 Å². The maximum atomic E-state index is 13.3. The first-order chi connectivity index (χ1) is 12.8. The number of nitrogens with zero attached hydrogens (tertiary/aromatic N) is 1. The number of fused-ring (bicyclic) bond motifs is 1. The lowest BCUT2D eigenvalue weighted by atomic mass is 9.78. The normalized spacial score (nSPS) is 22.4. The van der Waals surface area contributed by atoms with Crippen LogP contribution in [-0.2, 0) is 9.53 Å². The molecule has 27 heavy (non-hydrogen) atoms. The van der Waals surface area contributed by atoms with E-state index in [0.717, 1.165) is 12.8 Å². The van der Waals surface area contributed by atoms with Crippen LogP contribution >= 0.6 is 0 Å². The number of carbonyl (C=O) groups is 2. The maximum absolute atomic E-state index is 13.3. The lowest BCUT2D eigenvalue weighted by Crippen LogP contribution is -2.45. The first kappa shape index (κ1) is 19.3. The third kappa shape index (κ3) is 4.43. The zero-order chi connectivity index (χ0) is 19.6. The molecule has 1 N–H and O–H groups in total. The minimum absolute atomic E-state index is 0.124. The summed E-state index contributed by atoms with van der Waals surface area (Å²) < 4.78 is 18.5. The van der Waals surface area contributed by atoms with Crippen molar-refractivity contribution < 1.29 is 18.7 Å². The smallest absolute Gasteiger partial charge is 0.340 e. The number of amides is 1. The molecule has 6 heteroatoms. The van der Waals surface area contributed by atoms with Crippen molar-refractivity contribution in [3.05, 3.63) is 41.3 Å². The van der Waals surface area contributed by atoms with E-state index in [1.807, 2.05) is 0 Å². The number of nitrogens with one attached hydrogen (secondary N) is 1. The van der Waals surface area contributed by atoms with Crippen molar-refractivity contribution in [3.63, 3.8) is 0 Å². The van der Waals surface area contributed by atoms with E-state index in [9.17, 15) is 14.0 Å². The number of aryl methyl sites for hydroxylation is 1. The Morgan fingerprint density at radius 2 is 2.04 bits per heavy atom. The fraction of sp³-hybridized carbons (Fsp3) is 0.476. The van der Waals surface area contributed by atoms with Crippen molar-refractivity contribution in [2.24, 2.45) is 11.8 Å². The summed E-state index contributed by atoms with van der Waals surface area (Å²) >= 11 is 0. The Hall–Kier alpha value is -2.50. The number of hydrogen-bond donors (Lipinski definition) is 1. The van der Waals surface area contributed by atoms with E-state index in [0.29, 0.717) is 28.4 Å². The third-order valence-electron chi connectivity index (χ3n) is 5.58. The van der Waals surface area contributed by atoms with Crippen LogP contribution in [0.2, 0.25) is 0 Å². The van der Waals surface area contributed by atoms with Crippen LogP contribution in [0.25, 0.3) is 10.9 Å². The second-order valence-corrected chi connectivity index (χ2v) is 7.48. The predicted octanol–water partition coefficient (Wildman–Crippen LogP) is 3.78. The number of pyridine rings is 1. The SMILES string of the molecule is Cc1nc2cc(F)ccc2cc1C(=O)OCC(=O)N[C@@H]1CCC[C@@H](C)[C@H]1C. The maximum Gasteiger partial charge on any atom is 0.340 e. The summed E-state index contributed by atoms with van der Waals surface area (Å²) in [5, 5.41) is 3.62. The average Bonchev–Trinajstić information content (AvgIpc) is 2.63. The largest absolute Gasteiger partial charge is 0.452 e. The summed E-state index contributed by atoms with van der Waals surface area (Å²) in [5.41, 5.74) is 1.19. The molecule has 1 heterocycles. The second kappa shape index (κ2) is 8.03. The number of esters is 1. The zero-order valence-corrected chi connectivity index (χ0v) is 15.9. The van der Waals surface area contributed by atoms with Gasteiger partial charge in [0.25, 0.3) is 5.91 Å². The van der Waals surface area contributed by atoms with Crippen LogP contribution in [0, 0.1) is 24.6 Å². The highest BCUT2D eigenvalue weighted by Gasteiger charge is 2.28. The molecular weight excluding hydrogens is 347 g/mol. The Bertz CT molecular complexity index is 868. The molecule has 0 saturated heterocycles. The number of halogens is 1. The molecule has 144 valence electrons. The van der Waals surface area contributed by atoms with Crippen molar-refractivity contribution in [2.45, 2.75) is 46.1 Å². The van der Waals surface area contributed by atoms with Crippen LogP contribution in [0.5, 0.6) is 0 Å². The topological polar surface area (TPSA) is 68.3 Å². The van der Waals surface area contributed by atoms with Crippen LogP contribution in [0.3, 0.4) is 0 Å². The van der Waals surface area contributed by atoms with Crippen LogP contribution in [0.1, 0.15) is 49.2 Å². The first-order valence-electron chi connectivity index (χ1n) is 9.38. The highest BCUT2D eigenvalue weighted by atomic mass is 19.1. The number of rotatable bonds is 4. The van der Waals surface area contributed by atoms with Crippen LogP contribution in [0.4, 0.5) is 4.39 Å². The lowest BCUT2D eigenvalue weighted by Gasteiger charge is -2.34. The van der Waals surface area contributed by atoms with E-state index in [1.165, 1.54) is 18.6 Å². The minimum Gasteiger partial charge on any atom is -0.452 e. The van der Waals surface area contributed by atoms with E-state index < -0.39 is 5.97 Å². The van der Waals surface area contributed by atoms with Gasteiger partial charge in [-0.05, 0) is 43.4 Å². The van der Waals surface area contributed by atoms with Gasteiger partial charge in [-0.1, -0.05) is 26.7 Å². The van der Waals surface area contributed by atoms with E-state index in [2.05, 4.69) is 24.1 Å². The van der Waals surface area contributed by atoms with Gasteiger partial charge in [-0.2, -0.15) is 0 Å². The van der Waals surface area contributed by atoms with Gasteiger partial charge in [0, 0.05) is 17.5 Å². The van der Waals surface area contributed by atoms with Crippen LogP contribution in [0.15, 0.2) is 24.3 Å². The quantitative estimate of drug-likeness (QED) is 0.830. The van der Waals surface area contributed by atoms with Crippen LogP contribution < -0.4 is 5.32 Å². The Balaban J connectivity index is 1.62. The molecule has 5 nitrogen and oxygen atoms in total. The van der Waals surface area contributed by atoms with Crippen molar-refractivity contribution in [3.8, 4) is 0 Å². The van der Waals surface area contributed by atoms with E-state index in [4.69, 9.17) is 4.74 Å². The molecular formula is C21H25FN2O3. The molecule has 0 spiro atoms. The number of aromatic nitrogens is 1. The summed E-state index contributed by atoms with van der Waals surface area (Å²) in [6.45, 7) is 5.68. The molecule has 0 unspecified atom stereocenters. The van der Waals surface area contributed by atoms with Gasteiger partial charge >= 0.3 is 5.97 Å². The molecule has 1 aromatic heterocycles. The average molecular weight is 372 g/mol. The van der Waals surface area contributed by atoms with Gasteiger partial charge in [0.05, 0.1) is 16.8 Å². The third-order valence-corrected chi connectivity index (χ3v) is 5.58. The Labute approximate surface area is 158 Å². The van der Waals surface area contributed by atoms with E-state index >= 15 is 0 Å². The Morgan fingerprint density at radius 3 is 2.81 bits per heavy atom. The first-order valence-corrected chi connectivity index (χ1v) is 9.38. The number of carbonyl (C=O) groups excluding carboxylic acids is 2. The predicted molar refractivity (Wildman–Crippen MR) is 101 cm³/mol. The second-order valence-electron chi connectivity index (χ2n) is 7.48. The molecule has 1 aliphatic carbocycles. The molecule has 1 amide bonds. The molecule has 0 bridgehead atoms. The molecule has 2 aromatic rings. The fourth-order valence-corrected chi connectivity index (χ4v) is 3.69. The molecule has 1 fully saturated rings. The summed E-state index contributed by atoms with van der Waals surface area (Å²) in [4.78, 5) is 28.8. The van der Waals surface area contributed by atoms with Crippen molar-refractivity contribution in [2.75, 3.05) is 6.61 Å². The number of hydrogen-bond acceptors (Lipinski definition) is 4. The van der Waals surface area contributed by atoms with Crippen molar-refractivity contribution in [1.29, 1.82) is 0 Å². The summed E-state index contributed by atoms with van der Waals surface area (Å²) in [6.07, 6.45) is 3.23. The Morgan fingerprint density at radius 1 is 1.26 bits per heavy atom. The molecule has 3 rings (SSSR count). The van der Waals surface area contributed by atoms with Gasteiger partial charge in [0.15, 0.2) is 6.61 Å². The molecule has 1 aliphatic rings. The minimum atomic E-state index is -0.605. The van der Waals surface area contributed by atoms with Gasteiger partial charge in [-0.3, -0.25) is 9.78 Å². The van der Waals surface area contributed by atoms with Gasteiger partial charge in [0.2, 0.25) is 0 Å². The monoisotopic (exact) mass is 372 g/mol. The van der Waals surface area contributed by atoms with Gasteiger partial charge in [-0.15, -0.1) is 0 Å². The highest BCUT2D eigenvalue weighted by Crippen LogP contribution is 2.29. The van der Waals surface area contributed by atoms with E-state index in [-0.39, 0.29) is 29.9 Å². The van der Waals surface area contributed by atoms with Gasteiger partial charge < -0.3 is 10.1 Å². The summed E-state index contributed by atoms with van der Waals surface area (Å²) in [7, 11) is 0. The molecule has 1 saturated carbocycles. The van der Waals surface area contributed by atoms with Gasteiger partial charge in [0.1, 0.15) is 5.82 Å². The fourth-order valence-electron chi connectivity index (χ4n) is 3.69. The van der Waals surface area contributed by atoms with E-state index in [1.54, 1.807) is 19.1 Å². The number of benzene rings is 1. The zero-order valence-electron chi connectivity index (χ0n) is 15.9. The molecule has 3 atom stereocenters. The molecule has 1 aromatic carbocycles. The van der Waals surface area contributed by atoms with Crippen molar-refractivity contribution >= 4 is 22.8 Å². The standard InChI is InChI=1S/C21H25FN2O3/c1-12-5-4-6-18(13(12)2)24-20(25)11-27-21(26)17-9-15-7-8-16(22)10-19(15)23-14(17)3/h7-10,12-13,18H,4-6,11H2,1-3H3,(H,24,25)/t12-,13-,18-/m1/s1.